The van der Waals surface area contributed by atoms with Crippen molar-refractivity contribution in [1.29, 1.82) is 0 Å². The summed E-state index contributed by atoms with van der Waals surface area (Å²) in [6.07, 6.45) is 2.30. The summed E-state index contributed by atoms with van der Waals surface area (Å²) in [4.78, 5) is 56.6. The van der Waals surface area contributed by atoms with Crippen LogP contribution in [0.15, 0.2) is 126 Å². The molecule has 1 aliphatic rings. The van der Waals surface area contributed by atoms with Crippen molar-refractivity contribution in [3.05, 3.63) is 154 Å². The molecule has 0 saturated heterocycles. The number of benzene rings is 4. The molecule has 258 valence electrons. The zero-order valence-corrected chi connectivity index (χ0v) is 29.5. The number of hydrogen-bond acceptors (Lipinski definition) is 8. The Morgan fingerprint density at radius 3 is 2.29 bits per heavy atom. The average Bonchev–Trinajstić information content (AvgIpc) is 3.51. The number of thiophene rings is 1. The normalized spacial score (nSPS) is 12.8. The molecule has 4 aromatic carbocycles. The van der Waals surface area contributed by atoms with Gasteiger partial charge in [0.1, 0.15) is 10.7 Å². The van der Waals surface area contributed by atoms with Crippen LogP contribution in [-0.4, -0.2) is 48.0 Å². The van der Waals surface area contributed by atoms with Gasteiger partial charge in [0.2, 0.25) is 5.91 Å². The summed E-state index contributed by atoms with van der Waals surface area (Å²) in [5.41, 5.74) is 4.33. The number of carbonyl (C=O) groups excluding carboxylic acids is 4. The van der Waals surface area contributed by atoms with Gasteiger partial charge in [-0.2, -0.15) is 0 Å². The van der Waals surface area contributed by atoms with Gasteiger partial charge in [-0.1, -0.05) is 84.9 Å². The van der Waals surface area contributed by atoms with Gasteiger partial charge in [-0.25, -0.2) is 4.79 Å². The van der Waals surface area contributed by atoms with Gasteiger partial charge in [-0.15, -0.1) is 23.1 Å². The maximum Gasteiger partial charge on any atom is 0.341 e. The van der Waals surface area contributed by atoms with E-state index in [0.717, 1.165) is 34.0 Å². The molecule has 0 atom stereocenters. The molecule has 0 saturated carbocycles. The van der Waals surface area contributed by atoms with Gasteiger partial charge >= 0.3 is 5.97 Å². The number of ether oxygens (including phenoxy) is 1. The summed E-state index contributed by atoms with van der Waals surface area (Å²) in [7, 11) is 1.35. The van der Waals surface area contributed by atoms with Crippen molar-refractivity contribution in [2.45, 2.75) is 24.4 Å². The van der Waals surface area contributed by atoms with Crippen LogP contribution in [0.5, 0.6) is 0 Å². The second-order valence-corrected chi connectivity index (χ2v) is 13.9. The number of carbonyl (C=O) groups is 4. The third kappa shape index (κ3) is 9.40. The molecule has 0 unspecified atom stereocenters. The zero-order valence-electron chi connectivity index (χ0n) is 27.9. The van der Waals surface area contributed by atoms with E-state index in [9.17, 15) is 19.2 Å². The highest BCUT2D eigenvalue weighted by Crippen LogP contribution is 2.38. The summed E-state index contributed by atoms with van der Waals surface area (Å²) < 4.78 is 5.11. The van der Waals surface area contributed by atoms with Crippen molar-refractivity contribution >= 4 is 63.6 Å². The van der Waals surface area contributed by atoms with Crippen molar-refractivity contribution < 1.29 is 23.9 Å². The molecule has 0 radical (unpaired) electrons. The summed E-state index contributed by atoms with van der Waals surface area (Å²) >= 11 is 2.72. The number of methoxy groups -OCH3 is 1. The highest BCUT2D eigenvalue weighted by atomic mass is 32.2. The van der Waals surface area contributed by atoms with Gasteiger partial charge in [0.15, 0.2) is 0 Å². The van der Waals surface area contributed by atoms with Crippen LogP contribution in [0.2, 0.25) is 0 Å². The molecule has 3 amide bonds. The molecule has 9 nitrogen and oxygen atoms in total. The molecule has 0 spiro atoms. The second kappa shape index (κ2) is 16.9. The van der Waals surface area contributed by atoms with Crippen LogP contribution in [0.1, 0.15) is 42.3 Å². The van der Waals surface area contributed by atoms with E-state index in [-0.39, 0.29) is 17.4 Å². The number of nitrogens with zero attached hydrogens (tertiary/aromatic N) is 1. The van der Waals surface area contributed by atoms with E-state index in [1.165, 1.54) is 35.8 Å². The maximum atomic E-state index is 13.5. The minimum atomic E-state index is -0.498. The molecule has 6 rings (SSSR count). The molecule has 0 fully saturated rings. The van der Waals surface area contributed by atoms with Crippen LogP contribution in [-0.2, 0) is 33.8 Å². The Morgan fingerprint density at radius 1 is 0.863 bits per heavy atom. The van der Waals surface area contributed by atoms with Crippen LogP contribution in [0, 0.1) is 0 Å². The number of fused-ring (bicyclic) bond motifs is 1. The molecule has 3 N–H and O–H groups in total. The molecule has 2 heterocycles. The fourth-order valence-electron chi connectivity index (χ4n) is 5.67. The number of amides is 3. The predicted octanol–water partition coefficient (Wildman–Crippen LogP) is 7.23. The van der Waals surface area contributed by atoms with Gasteiger partial charge < -0.3 is 20.7 Å². The van der Waals surface area contributed by atoms with Gasteiger partial charge in [0.25, 0.3) is 11.8 Å². The van der Waals surface area contributed by atoms with E-state index < -0.39 is 17.8 Å². The first kappa shape index (κ1) is 35.3. The number of thioether (sulfide) groups is 1. The van der Waals surface area contributed by atoms with Gasteiger partial charge in [-0.05, 0) is 59.5 Å². The molecule has 0 bridgehead atoms. The lowest BCUT2D eigenvalue weighted by atomic mass is 10.0. The fourth-order valence-corrected chi connectivity index (χ4v) is 7.72. The first-order valence-electron chi connectivity index (χ1n) is 16.3. The molecule has 1 aliphatic heterocycles. The molecule has 0 aliphatic carbocycles. The largest absolute Gasteiger partial charge is 0.465 e. The molecule has 11 heteroatoms. The monoisotopic (exact) mass is 716 g/mol. The lowest BCUT2D eigenvalue weighted by Gasteiger charge is -2.27. The SMILES string of the molecule is COC(=O)c1c(NC(=O)CSc2cccc(NC(=O)/C(=C/c3ccccc3)NC(=O)c3ccccc3)c2)sc2c1CCN(Cc1ccccc1)C2. The second-order valence-electron chi connectivity index (χ2n) is 11.8. The molecular weight excluding hydrogens is 681 g/mol. The minimum Gasteiger partial charge on any atom is -0.465 e. The van der Waals surface area contributed by atoms with E-state index in [1.54, 1.807) is 48.5 Å². The van der Waals surface area contributed by atoms with Gasteiger partial charge in [0, 0.05) is 40.7 Å². The first-order valence-corrected chi connectivity index (χ1v) is 18.1. The Bertz CT molecular complexity index is 2050. The molecule has 51 heavy (non-hydrogen) atoms. The predicted molar refractivity (Wildman–Crippen MR) is 203 cm³/mol. The minimum absolute atomic E-state index is 0.0764. The third-order valence-corrected chi connectivity index (χ3v) is 10.3. The Hall–Kier alpha value is -5.49. The summed E-state index contributed by atoms with van der Waals surface area (Å²) in [6.45, 7) is 2.28. The van der Waals surface area contributed by atoms with Crippen molar-refractivity contribution in [1.82, 2.24) is 10.2 Å². The van der Waals surface area contributed by atoms with Crippen LogP contribution >= 0.6 is 23.1 Å². The molecule has 5 aromatic rings. The summed E-state index contributed by atoms with van der Waals surface area (Å²) in [5.74, 6) is -1.56. The first-order chi connectivity index (χ1) is 24.9. The van der Waals surface area contributed by atoms with E-state index in [0.29, 0.717) is 34.8 Å². The van der Waals surface area contributed by atoms with Gasteiger partial charge in [0.05, 0.1) is 18.4 Å². The number of anilines is 2. The number of nitrogens with one attached hydrogen (secondary N) is 3. The van der Waals surface area contributed by atoms with Crippen molar-refractivity contribution in [2.24, 2.45) is 0 Å². The van der Waals surface area contributed by atoms with Crippen LogP contribution < -0.4 is 16.0 Å². The maximum absolute atomic E-state index is 13.5. The number of esters is 1. The van der Waals surface area contributed by atoms with Crippen LogP contribution in [0.3, 0.4) is 0 Å². The summed E-state index contributed by atoms with van der Waals surface area (Å²) in [6, 6.07) is 35.3. The standard InChI is InChI=1S/C40H36N4O5S2/c1-49-40(48)36-32-20-21-44(24-28-14-7-3-8-15-28)25-34(32)51-39(36)43-35(45)26-50-31-19-11-18-30(23-31)41-38(47)33(22-27-12-5-2-6-13-27)42-37(46)29-16-9-4-10-17-29/h2-19,22-23H,20-21,24-26H2,1H3,(H,41,47)(H,42,46)(H,43,45)/b33-22-. The lowest BCUT2D eigenvalue weighted by molar-refractivity contribution is -0.114. The average molecular weight is 717 g/mol. The Balaban J connectivity index is 1.10. The Labute approximate surface area is 304 Å². The fraction of sp³-hybridized carbons (Fsp3) is 0.150. The van der Waals surface area contributed by atoms with Crippen molar-refractivity contribution in [2.75, 3.05) is 30.0 Å². The van der Waals surface area contributed by atoms with Gasteiger partial charge in [-0.3, -0.25) is 19.3 Å². The highest BCUT2D eigenvalue weighted by Gasteiger charge is 2.29. The molecule has 1 aromatic heterocycles. The van der Waals surface area contributed by atoms with E-state index in [4.69, 9.17) is 4.74 Å². The van der Waals surface area contributed by atoms with Crippen molar-refractivity contribution in [3.8, 4) is 0 Å². The topological polar surface area (TPSA) is 117 Å². The van der Waals surface area contributed by atoms with E-state index in [1.807, 2.05) is 60.7 Å². The highest BCUT2D eigenvalue weighted by molar-refractivity contribution is 8.00. The van der Waals surface area contributed by atoms with Crippen LogP contribution in [0.25, 0.3) is 6.08 Å². The van der Waals surface area contributed by atoms with E-state index in [2.05, 4.69) is 33.0 Å². The van der Waals surface area contributed by atoms with Crippen molar-refractivity contribution in [3.63, 3.8) is 0 Å². The Kier molecular flexibility index (Phi) is 11.7. The van der Waals surface area contributed by atoms with Crippen LogP contribution in [0.4, 0.5) is 10.7 Å². The third-order valence-electron chi connectivity index (χ3n) is 8.13. The molecular formula is C40H36N4O5S2. The Morgan fingerprint density at radius 2 is 1.57 bits per heavy atom. The van der Waals surface area contributed by atoms with E-state index >= 15 is 0 Å². The quantitative estimate of drug-likeness (QED) is 0.0709. The number of hydrogen-bond donors (Lipinski definition) is 3. The number of rotatable bonds is 12. The summed E-state index contributed by atoms with van der Waals surface area (Å²) in [5, 5.41) is 9.07. The smallest absolute Gasteiger partial charge is 0.341 e. The lowest BCUT2D eigenvalue weighted by Crippen LogP contribution is -2.30. The zero-order chi connectivity index (χ0) is 35.6.